The van der Waals surface area contributed by atoms with Crippen LogP contribution in [-0.2, 0) is 10.2 Å². The maximum absolute atomic E-state index is 13.3. The van der Waals surface area contributed by atoms with Crippen molar-refractivity contribution in [3.8, 4) is 5.75 Å². The molecule has 0 saturated carbocycles. The third-order valence-electron chi connectivity index (χ3n) is 6.33. The summed E-state index contributed by atoms with van der Waals surface area (Å²) in [7, 11) is 1.55. The molecule has 0 radical (unpaired) electrons. The Morgan fingerprint density at radius 2 is 1.26 bits per heavy atom. The minimum absolute atomic E-state index is 0.00177. The monoisotopic (exact) mass is 521 g/mol. The molecule has 6 heteroatoms. The fraction of sp³-hybridized carbons (Fsp3) is 0.182. The number of hydrogen-bond acceptors (Lipinski definition) is 5. The molecule has 0 aliphatic heterocycles. The summed E-state index contributed by atoms with van der Waals surface area (Å²) >= 11 is 0. The van der Waals surface area contributed by atoms with E-state index in [0.29, 0.717) is 28.1 Å². The SMILES string of the molecule is COc1ccc(C(=O)C(OC(=O)c2ccc(NC(=O)c3ccc(C(C)(C)C)cc3)cc2)c2ccccc2)cc1. The molecule has 4 aromatic carbocycles. The standard InChI is InChI=1S/C33H31NO5/c1-33(2,3)26-16-10-24(11-17-26)31(36)34-27-18-12-25(13-19-27)32(37)39-30(23-8-6-5-7-9-23)29(35)22-14-20-28(38-4)21-15-22/h5-21,30H,1-4H3,(H,34,36). The molecule has 1 N–H and O–H groups in total. The van der Waals surface area contributed by atoms with Crippen molar-refractivity contribution in [2.75, 3.05) is 12.4 Å². The first-order valence-corrected chi connectivity index (χ1v) is 12.6. The molecule has 0 bridgehead atoms. The Balaban J connectivity index is 1.47. The first kappa shape index (κ1) is 27.3. The van der Waals surface area contributed by atoms with E-state index in [1.165, 1.54) is 0 Å². The van der Waals surface area contributed by atoms with Crippen LogP contribution >= 0.6 is 0 Å². The van der Waals surface area contributed by atoms with Gasteiger partial charge < -0.3 is 14.8 Å². The smallest absolute Gasteiger partial charge is 0.339 e. The number of Topliss-reactive ketones (excluding diaryl/α,β-unsaturated/α-hetero) is 1. The van der Waals surface area contributed by atoms with Crippen LogP contribution in [0.1, 0.15) is 69.1 Å². The molecule has 1 atom stereocenters. The van der Waals surface area contributed by atoms with Crippen LogP contribution in [0.3, 0.4) is 0 Å². The number of carbonyl (C=O) groups is 3. The third kappa shape index (κ3) is 6.79. The van der Waals surface area contributed by atoms with Gasteiger partial charge in [0.25, 0.3) is 5.91 Å². The lowest BCUT2D eigenvalue weighted by Gasteiger charge is -2.19. The van der Waals surface area contributed by atoms with Crippen molar-refractivity contribution in [2.24, 2.45) is 0 Å². The highest BCUT2D eigenvalue weighted by atomic mass is 16.5. The number of esters is 1. The maximum Gasteiger partial charge on any atom is 0.339 e. The zero-order chi connectivity index (χ0) is 28.0. The van der Waals surface area contributed by atoms with Crippen LogP contribution < -0.4 is 10.1 Å². The van der Waals surface area contributed by atoms with E-state index in [9.17, 15) is 14.4 Å². The Morgan fingerprint density at radius 1 is 0.692 bits per heavy atom. The summed E-state index contributed by atoms with van der Waals surface area (Å²) in [4.78, 5) is 39.1. The topological polar surface area (TPSA) is 81.7 Å². The molecule has 1 amide bonds. The Bertz CT molecular complexity index is 1440. The molecule has 0 aliphatic carbocycles. The van der Waals surface area contributed by atoms with Crippen molar-refractivity contribution in [2.45, 2.75) is 32.3 Å². The lowest BCUT2D eigenvalue weighted by atomic mass is 9.87. The molecular formula is C33H31NO5. The number of carbonyl (C=O) groups excluding carboxylic acids is 3. The second kappa shape index (κ2) is 11.8. The molecule has 0 heterocycles. The predicted molar refractivity (Wildman–Crippen MR) is 151 cm³/mol. The minimum Gasteiger partial charge on any atom is -0.497 e. The minimum atomic E-state index is -1.12. The van der Waals surface area contributed by atoms with Gasteiger partial charge in [-0.2, -0.15) is 0 Å². The lowest BCUT2D eigenvalue weighted by Crippen LogP contribution is -2.20. The van der Waals surface area contributed by atoms with Crippen LogP contribution in [0.2, 0.25) is 0 Å². The van der Waals surface area contributed by atoms with E-state index in [4.69, 9.17) is 9.47 Å². The molecule has 0 spiro atoms. The Morgan fingerprint density at radius 3 is 1.82 bits per heavy atom. The van der Waals surface area contributed by atoms with Crippen molar-refractivity contribution >= 4 is 23.3 Å². The summed E-state index contributed by atoms with van der Waals surface area (Å²) in [5.74, 6) is -0.631. The first-order valence-electron chi connectivity index (χ1n) is 12.6. The Hall–Kier alpha value is -4.71. The third-order valence-corrected chi connectivity index (χ3v) is 6.33. The summed E-state index contributed by atoms with van der Waals surface area (Å²) in [6.45, 7) is 6.35. The van der Waals surface area contributed by atoms with Gasteiger partial charge in [-0.25, -0.2) is 4.79 Å². The van der Waals surface area contributed by atoms with Gasteiger partial charge >= 0.3 is 5.97 Å². The highest BCUT2D eigenvalue weighted by Gasteiger charge is 2.27. The maximum atomic E-state index is 13.3. The second-order valence-electron chi connectivity index (χ2n) is 10.1. The highest BCUT2D eigenvalue weighted by Crippen LogP contribution is 2.26. The molecule has 4 rings (SSSR count). The average Bonchev–Trinajstić information content (AvgIpc) is 2.96. The number of benzene rings is 4. The number of rotatable bonds is 8. The number of hydrogen-bond donors (Lipinski definition) is 1. The fourth-order valence-electron chi connectivity index (χ4n) is 4.00. The van der Waals surface area contributed by atoms with E-state index in [0.717, 1.165) is 5.56 Å². The zero-order valence-electron chi connectivity index (χ0n) is 22.4. The molecule has 0 fully saturated rings. The molecule has 4 aromatic rings. The van der Waals surface area contributed by atoms with Gasteiger partial charge in [-0.1, -0.05) is 63.2 Å². The van der Waals surface area contributed by atoms with Crippen LogP contribution in [0.15, 0.2) is 103 Å². The molecule has 39 heavy (non-hydrogen) atoms. The Labute approximate surface area is 228 Å². The van der Waals surface area contributed by atoms with Crippen molar-refractivity contribution in [1.82, 2.24) is 0 Å². The summed E-state index contributed by atoms with van der Waals surface area (Å²) < 4.78 is 10.9. The van der Waals surface area contributed by atoms with Gasteiger partial charge in [0.05, 0.1) is 12.7 Å². The number of ketones is 1. The van der Waals surface area contributed by atoms with Crippen molar-refractivity contribution in [3.05, 3.63) is 131 Å². The lowest BCUT2D eigenvalue weighted by molar-refractivity contribution is 0.0280. The van der Waals surface area contributed by atoms with Crippen molar-refractivity contribution in [3.63, 3.8) is 0 Å². The molecule has 0 saturated heterocycles. The van der Waals surface area contributed by atoms with E-state index in [1.807, 2.05) is 18.2 Å². The van der Waals surface area contributed by atoms with Crippen LogP contribution in [0.25, 0.3) is 0 Å². The summed E-state index contributed by atoms with van der Waals surface area (Å²) in [6.07, 6.45) is -1.12. The van der Waals surface area contributed by atoms with Gasteiger partial charge in [-0.05, 0) is 71.6 Å². The van der Waals surface area contributed by atoms with Crippen LogP contribution in [0, 0.1) is 0 Å². The highest BCUT2D eigenvalue weighted by molar-refractivity contribution is 6.05. The second-order valence-corrected chi connectivity index (χ2v) is 10.1. The molecule has 0 aliphatic rings. The number of anilines is 1. The van der Waals surface area contributed by atoms with Gasteiger partial charge in [-0.15, -0.1) is 0 Å². The van der Waals surface area contributed by atoms with Gasteiger partial charge in [0.1, 0.15) is 5.75 Å². The number of nitrogens with one attached hydrogen (secondary N) is 1. The summed E-state index contributed by atoms with van der Waals surface area (Å²) in [6, 6.07) is 29.4. The largest absolute Gasteiger partial charge is 0.497 e. The number of ether oxygens (including phenoxy) is 2. The van der Waals surface area contributed by atoms with Crippen LogP contribution in [0.5, 0.6) is 5.75 Å². The number of amides is 1. The van der Waals surface area contributed by atoms with E-state index in [1.54, 1.807) is 92.0 Å². The zero-order valence-corrected chi connectivity index (χ0v) is 22.4. The predicted octanol–water partition coefficient (Wildman–Crippen LogP) is 7.03. The normalized spacial score (nSPS) is 11.8. The molecule has 198 valence electrons. The summed E-state index contributed by atoms with van der Waals surface area (Å²) in [5.41, 5.74) is 3.42. The average molecular weight is 522 g/mol. The van der Waals surface area contributed by atoms with Crippen molar-refractivity contribution in [1.29, 1.82) is 0 Å². The van der Waals surface area contributed by atoms with E-state index in [-0.39, 0.29) is 22.7 Å². The summed E-state index contributed by atoms with van der Waals surface area (Å²) in [5, 5.41) is 2.84. The van der Waals surface area contributed by atoms with Crippen LogP contribution in [0.4, 0.5) is 5.69 Å². The quantitative estimate of drug-likeness (QED) is 0.199. The fourth-order valence-corrected chi connectivity index (χ4v) is 4.00. The van der Waals surface area contributed by atoms with Crippen LogP contribution in [-0.4, -0.2) is 24.8 Å². The molecular weight excluding hydrogens is 490 g/mol. The van der Waals surface area contributed by atoms with Crippen molar-refractivity contribution < 1.29 is 23.9 Å². The van der Waals surface area contributed by atoms with Gasteiger partial charge in [0.15, 0.2) is 6.10 Å². The van der Waals surface area contributed by atoms with E-state index >= 15 is 0 Å². The van der Waals surface area contributed by atoms with E-state index in [2.05, 4.69) is 26.1 Å². The molecule has 0 aromatic heterocycles. The molecule has 6 nitrogen and oxygen atoms in total. The van der Waals surface area contributed by atoms with Gasteiger partial charge in [0.2, 0.25) is 5.78 Å². The van der Waals surface area contributed by atoms with Gasteiger partial charge in [0, 0.05) is 22.4 Å². The Kier molecular flexibility index (Phi) is 8.25. The van der Waals surface area contributed by atoms with Gasteiger partial charge in [-0.3, -0.25) is 9.59 Å². The first-order chi connectivity index (χ1) is 18.7. The van der Waals surface area contributed by atoms with E-state index < -0.39 is 12.1 Å². The number of methoxy groups -OCH3 is 1. The molecule has 1 unspecified atom stereocenters.